The minimum absolute atomic E-state index is 0.685. The highest BCUT2D eigenvalue weighted by Gasteiger charge is 1.94. The Morgan fingerprint density at radius 2 is 2.18 bits per heavy atom. The maximum atomic E-state index is 3.88. The lowest BCUT2D eigenvalue weighted by Gasteiger charge is -2.03. The molecule has 0 radical (unpaired) electrons. The van der Waals surface area contributed by atoms with Gasteiger partial charge in [-0.2, -0.15) is 0 Å². The van der Waals surface area contributed by atoms with E-state index in [2.05, 4.69) is 25.4 Å². The van der Waals surface area contributed by atoms with E-state index in [9.17, 15) is 0 Å². The zero-order chi connectivity index (χ0) is 8.69. The molecule has 0 atom stereocenters. The molecule has 0 aromatic heterocycles. The Morgan fingerprint density at radius 3 is 2.55 bits per heavy atom. The monoisotopic (exact) mass is 151 g/mol. The highest BCUT2D eigenvalue weighted by molar-refractivity contribution is 5.72. The molecule has 0 aliphatic rings. The van der Waals surface area contributed by atoms with Gasteiger partial charge < -0.3 is 0 Å². The largest absolute Gasteiger partial charge is 0.297 e. The first kappa shape index (κ1) is 10.2. The topological polar surface area (TPSA) is 12.4 Å². The van der Waals surface area contributed by atoms with Crippen molar-refractivity contribution in [2.24, 2.45) is 10.9 Å². The van der Waals surface area contributed by atoms with Gasteiger partial charge in [-0.1, -0.05) is 26.5 Å². The molecule has 0 rings (SSSR count). The molecule has 1 nitrogen and oxygen atoms in total. The van der Waals surface area contributed by atoms with E-state index in [1.807, 2.05) is 12.2 Å². The Balaban J connectivity index is 4.04. The molecular weight excluding hydrogens is 134 g/mol. The van der Waals surface area contributed by atoms with Crippen LogP contribution in [-0.2, 0) is 0 Å². The molecule has 0 saturated carbocycles. The molecule has 0 fully saturated rings. The molecule has 0 amide bonds. The van der Waals surface area contributed by atoms with Crippen molar-refractivity contribution in [2.45, 2.75) is 20.3 Å². The SMILES string of the molecule is C=C/C(=C\C=N/C)CC(C)C. The molecule has 0 saturated heterocycles. The van der Waals surface area contributed by atoms with Gasteiger partial charge in [-0.05, 0) is 24.0 Å². The van der Waals surface area contributed by atoms with E-state index in [4.69, 9.17) is 0 Å². The van der Waals surface area contributed by atoms with E-state index >= 15 is 0 Å². The fourth-order valence-corrected chi connectivity index (χ4v) is 0.861. The number of nitrogens with zero attached hydrogens (tertiary/aromatic N) is 1. The molecule has 0 aromatic carbocycles. The number of allylic oxidation sites excluding steroid dienone is 3. The molecular formula is C10H17N. The zero-order valence-corrected chi connectivity index (χ0v) is 7.67. The second-order valence-electron chi connectivity index (χ2n) is 2.95. The third-order valence-corrected chi connectivity index (χ3v) is 1.34. The normalized spacial score (nSPS) is 12.9. The van der Waals surface area contributed by atoms with E-state index < -0.39 is 0 Å². The van der Waals surface area contributed by atoms with Crippen molar-refractivity contribution in [2.75, 3.05) is 7.05 Å². The van der Waals surface area contributed by atoms with Crippen LogP contribution in [0, 0.1) is 5.92 Å². The summed E-state index contributed by atoms with van der Waals surface area (Å²) >= 11 is 0. The summed E-state index contributed by atoms with van der Waals surface area (Å²) in [5.74, 6) is 0.685. The predicted molar refractivity (Wildman–Crippen MR) is 52.2 cm³/mol. The van der Waals surface area contributed by atoms with Gasteiger partial charge in [0.25, 0.3) is 0 Å². The molecule has 62 valence electrons. The van der Waals surface area contributed by atoms with Gasteiger partial charge >= 0.3 is 0 Å². The Kier molecular flexibility index (Phi) is 5.44. The van der Waals surface area contributed by atoms with Crippen LogP contribution in [0.3, 0.4) is 0 Å². The lowest BCUT2D eigenvalue weighted by molar-refractivity contribution is 0.650. The van der Waals surface area contributed by atoms with Crippen molar-refractivity contribution in [1.29, 1.82) is 0 Å². The van der Waals surface area contributed by atoms with Crippen LogP contribution in [-0.4, -0.2) is 13.3 Å². The standard InChI is InChI=1S/C10H17N/c1-5-10(6-7-11-4)8-9(2)3/h5-7,9H,1,8H2,2-4H3/b10-6+,11-7-. The van der Waals surface area contributed by atoms with Gasteiger partial charge in [-0.15, -0.1) is 0 Å². The maximum absolute atomic E-state index is 3.88. The molecule has 0 aromatic rings. The Bertz CT molecular complexity index is 164. The smallest absolute Gasteiger partial charge is 0.0277 e. The fourth-order valence-electron chi connectivity index (χ4n) is 0.861. The number of rotatable bonds is 4. The number of hydrogen-bond donors (Lipinski definition) is 0. The first-order valence-corrected chi connectivity index (χ1v) is 3.94. The van der Waals surface area contributed by atoms with Crippen LogP contribution in [0.1, 0.15) is 20.3 Å². The lowest BCUT2D eigenvalue weighted by atomic mass is 10.0. The van der Waals surface area contributed by atoms with Gasteiger partial charge in [0.05, 0.1) is 0 Å². The Labute approximate surface area is 69.5 Å². The summed E-state index contributed by atoms with van der Waals surface area (Å²) in [6.07, 6.45) is 6.78. The lowest BCUT2D eigenvalue weighted by Crippen LogP contribution is -1.89. The van der Waals surface area contributed by atoms with Crippen molar-refractivity contribution in [3.05, 3.63) is 24.3 Å². The Morgan fingerprint density at radius 1 is 1.55 bits per heavy atom. The average Bonchev–Trinajstić information content (AvgIpc) is 1.97. The summed E-state index contributed by atoms with van der Waals surface area (Å²) in [6, 6.07) is 0. The molecule has 0 heterocycles. The summed E-state index contributed by atoms with van der Waals surface area (Å²) in [5, 5.41) is 0. The van der Waals surface area contributed by atoms with Crippen LogP contribution >= 0.6 is 0 Å². The minimum atomic E-state index is 0.685. The van der Waals surface area contributed by atoms with Crippen molar-refractivity contribution < 1.29 is 0 Å². The van der Waals surface area contributed by atoms with Crippen LogP contribution < -0.4 is 0 Å². The van der Waals surface area contributed by atoms with E-state index in [1.165, 1.54) is 5.57 Å². The molecule has 0 N–H and O–H groups in total. The first-order chi connectivity index (χ1) is 5.20. The summed E-state index contributed by atoms with van der Waals surface area (Å²) < 4.78 is 0. The highest BCUT2D eigenvalue weighted by atomic mass is 14.6. The summed E-state index contributed by atoms with van der Waals surface area (Å²) in [7, 11) is 1.77. The molecule has 0 unspecified atom stereocenters. The first-order valence-electron chi connectivity index (χ1n) is 3.94. The minimum Gasteiger partial charge on any atom is -0.297 e. The van der Waals surface area contributed by atoms with Gasteiger partial charge in [0.1, 0.15) is 0 Å². The molecule has 1 heteroatoms. The van der Waals surface area contributed by atoms with Crippen molar-refractivity contribution >= 4 is 6.21 Å². The predicted octanol–water partition coefficient (Wildman–Crippen LogP) is 2.85. The molecule has 0 bridgehead atoms. The van der Waals surface area contributed by atoms with Crippen LogP contribution in [0.25, 0.3) is 0 Å². The van der Waals surface area contributed by atoms with Crippen LogP contribution in [0.15, 0.2) is 29.3 Å². The van der Waals surface area contributed by atoms with Gasteiger partial charge in [0.2, 0.25) is 0 Å². The van der Waals surface area contributed by atoms with Crippen LogP contribution in [0.2, 0.25) is 0 Å². The molecule has 0 aliphatic carbocycles. The molecule has 0 aliphatic heterocycles. The van der Waals surface area contributed by atoms with Gasteiger partial charge in [-0.25, -0.2) is 0 Å². The summed E-state index contributed by atoms with van der Waals surface area (Å²) in [4.78, 5) is 3.88. The van der Waals surface area contributed by atoms with E-state index in [0.29, 0.717) is 5.92 Å². The van der Waals surface area contributed by atoms with E-state index in [-0.39, 0.29) is 0 Å². The summed E-state index contributed by atoms with van der Waals surface area (Å²) in [5.41, 5.74) is 1.26. The molecule has 11 heavy (non-hydrogen) atoms. The van der Waals surface area contributed by atoms with Crippen LogP contribution in [0.4, 0.5) is 0 Å². The van der Waals surface area contributed by atoms with E-state index in [0.717, 1.165) is 6.42 Å². The summed E-state index contributed by atoms with van der Waals surface area (Å²) in [6.45, 7) is 8.13. The number of hydrogen-bond acceptors (Lipinski definition) is 1. The van der Waals surface area contributed by atoms with Crippen molar-refractivity contribution in [3.8, 4) is 0 Å². The van der Waals surface area contributed by atoms with Crippen LogP contribution in [0.5, 0.6) is 0 Å². The average molecular weight is 151 g/mol. The third-order valence-electron chi connectivity index (χ3n) is 1.34. The zero-order valence-electron chi connectivity index (χ0n) is 7.67. The third kappa shape index (κ3) is 5.59. The highest BCUT2D eigenvalue weighted by Crippen LogP contribution is 2.10. The Hall–Kier alpha value is -0.850. The second-order valence-corrected chi connectivity index (χ2v) is 2.95. The second kappa shape index (κ2) is 5.90. The quantitative estimate of drug-likeness (QED) is 0.433. The van der Waals surface area contributed by atoms with Gasteiger partial charge in [-0.3, -0.25) is 4.99 Å². The fraction of sp³-hybridized carbons (Fsp3) is 0.500. The van der Waals surface area contributed by atoms with Gasteiger partial charge in [0.15, 0.2) is 0 Å². The number of aliphatic imine (C=N–C) groups is 1. The van der Waals surface area contributed by atoms with Crippen molar-refractivity contribution in [3.63, 3.8) is 0 Å². The maximum Gasteiger partial charge on any atom is 0.0277 e. The van der Waals surface area contributed by atoms with E-state index in [1.54, 1.807) is 13.3 Å². The molecule has 0 spiro atoms. The van der Waals surface area contributed by atoms with Crippen molar-refractivity contribution in [1.82, 2.24) is 0 Å². The van der Waals surface area contributed by atoms with Gasteiger partial charge in [0, 0.05) is 13.3 Å².